The van der Waals surface area contributed by atoms with Gasteiger partial charge in [0.1, 0.15) is 17.3 Å². The Hall–Kier alpha value is -3.01. The molecule has 2 aromatic rings. The molecule has 2 aliphatic rings. The smallest absolute Gasteiger partial charge is 0.243 e. The van der Waals surface area contributed by atoms with Gasteiger partial charge in [-0.2, -0.15) is 4.98 Å². The van der Waals surface area contributed by atoms with Gasteiger partial charge in [0.2, 0.25) is 11.9 Å². The van der Waals surface area contributed by atoms with E-state index in [0.717, 1.165) is 25.7 Å². The number of carbonyl (C=O) groups excluding carboxylic acids is 1. The molecular weight excluding hydrogens is 505 g/mol. The molecule has 3 atom stereocenters. The highest BCUT2D eigenvalue weighted by Crippen LogP contribution is 2.47. The van der Waals surface area contributed by atoms with E-state index in [1.807, 2.05) is 0 Å². The van der Waals surface area contributed by atoms with Gasteiger partial charge in [0.05, 0.1) is 24.3 Å². The first-order valence-corrected chi connectivity index (χ1v) is 12.3. The van der Waals surface area contributed by atoms with Gasteiger partial charge in [0.25, 0.3) is 0 Å². The van der Waals surface area contributed by atoms with E-state index >= 15 is 0 Å². The van der Waals surface area contributed by atoms with E-state index in [1.54, 1.807) is 30.3 Å². The van der Waals surface area contributed by atoms with E-state index in [2.05, 4.69) is 27.2 Å². The molecule has 0 spiro atoms. The first-order chi connectivity index (χ1) is 17.3. The van der Waals surface area contributed by atoms with Crippen LogP contribution < -0.4 is 25.0 Å². The first kappa shape index (κ1) is 26.1. The molecule has 2 heterocycles. The number of rotatable bonds is 7. The van der Waals surface area contributed by atoms with Gasteiger partial charge < -0.3 is 30.1 Å². The van der Waals surface area contributed by atoms with Crippen LogP contribution in [0.2, 0.25) is 10.0 Å². The van der Waals surface area contributed by atoms with Crippen LogP contribution in [-0.4, -0.2) is 60.6 Å². The van der Waals surface area contributed by atoms with Crippen LogP contribution in [0.25, 0.3) is 11.6 Å². The van der Waals surface area contributed by atoms with Crippen molar-refractivity contribution in [1.82, 2.24) is 15.3 Å². The molecule has 1 unspecified atom stereocenters. The van der Waals surface area contributed by atoms with Crippen molar-refractivity contribution in [2.24, 2.45) is 0 Å². The summed E-state index contributed by atoms with van der Waals surface area (Å²) in [5.74, 6) is 1.49. The van der Waals surface area contributed by atoms with Gasteiger partial charge in [-0.05, 0) is 25.0 Å². The van der Waals surface area contributed by atoms with Crippen LogP contribution in [0.4, 0.5) is 11.8 Å². The summed E-state index contributed by atoms with van der Waals surface area (Å²) in [6, 6.07) is 1.53. The normalized spacial score (nSPS) is 21.2. The van der Waals surface area contributed by atoms with Crippen LogP contribution in [0.1, 0.15) is 36.8 Å². The minimum atomic E-state index is -1.10. The maximum absolute atomic E-state index is 11.9. The zero-order valence-corrected chi connectivity index (χ0v) is 21.9. The quantitative estimate of drug-likeness (QED) is 0.455. The van der Waals surface area contributed by atoms with Crippen molar-refractivity contribution in [3.8, 4) is 11.5 Å². The third kappa shape index (κ3) is 4.96. The highest BCUT2D eigenvalue weighted by atomic mass is 35.5. The molecule has 1 aliphatic heterocycles. The first-order valence-electron chi connectivity index (χ1n) is 11.6. The number of aliphatic hydroxyl groups excluding tert-OH is 1. The maximum Gasteiger partial charge on any atom is 0.243 e. The Morgan fingerprint density at radius 1 is 1.19 bits per heavy atom. The molecule has 1 fully saturated rings. The molecule has 0 saturated heterocycles. The standard InChI is InChI=1S/C25H29Cl2N5O4/c1-5-19(33)29-15-8-6-7-9-16(15)30-25-28-12-13-10-14(24(34)32(2)23(13)31-25)20-21(26)17(35-3)11-18(36-4)22(20)27/h5,10-12,15-16,24,34H,1,6-9H2,2-4H3,(H,29,33)(H,28,30,31)/t15-,16+,24?/m0/s1. The Morgan fingerprint density at radius 2 is 1.83 bits per heavy atom. The number of hydrogen-bond acceptors (Lipinski definition) is 8. The average Bonchev–Trinajstić information content (AvgIpc) is 2.88. The number of likely N-dealkylation sites (N-methyl/N-ethyl adjacent to an activating group) is 1. The molecule has 4 rings (SSSR count). The Kier molecular flexibility index (Phi) is 7.92. The largest absolute Gasteiger partial charge is 0.495 e. The summed E-state index contributed by atoms with van der Waals surface area (Å²) in [5, 5.41) is 18.1. The predicted molar refractivity (Wildman–Crippen MR) is 142 cm³/mol. The lowest BCUT2D eigenvalue weighted by Crippen LogP contribution is -2.48. The second-order valence-electron chi connectivity index (χ2n) is 8.70. The van der Waals surface area contributed by atoms with E-state index < -0.39 is 6.23 Å². The van der Waals surface area contributed by atoms with Crippen molar-refractivity contribution in [3.63, 3.8) is 0 Å². The van der Waals surface area contributed by atoms with Gasteiger partial charge in [0.15, 0.2) is 6.23 Å². The van der Waals surface area contributed by atoms with Crippen molar-refractivity contribution in [3.05, 3.63) is 46.1 Å². The molecule has 192 valence electrons. The second kappa shape index (κ2) is 10.9. The highest BCUT2D eigenvalue weighted by molar-refractivity contribution is 6.40. The number of nitrogens with one attached hydrogen (secondary N) is 2. The lowest BCUT2D eigenvalue weighted by Gasteiger charge is -2.34. The van der Waals surface area contributed by atoms with E-state index in [-0.39, 0.29) is 28.0 Å². The SMILES string of the molecule is C=CC(=O)N[C@H]1CCCC[C@H]1Nc1ncc2c(n1)N(C)C(O)C(c1c(Cl)c(OC)cc(OC)c1Cl)=C2. The zero-order valence-electron chi connectivity index (χ0n) is 20.3. The second-order valence-corrected chi connectivity index (χ2v) is 9.45. The van der Waals surface area contributed by atoms with Gasteiger partial charge in [-0.15, -0.1) is 0 Å². The lowest BCUT2D eigenvalue weighted by atomic mass is 9.90. The Bertz CT molecular complexity index is 1180. The molecular formula is C25H29Cl2N5O4. The molecule has 11 heteroatoms. The Balaban J connectivity index is 1.68. The Labute approximate surface area is 220 Å². The zero-order chi connectivity index (χ0) is 26.0. The van der Waals surface area contributed by atoms with Crippen molar-refractivity contribution in [2.75, 3.05) is 31.5 Å². The summed E-state index contributed by atoms with van der Waals surface area (Å²) >= 11 is 13.2. The number of methoxy groups -OCH3 is 2. The van der Waals surface area contributed by atoms with Crippen LogP contribution in [0, 0.1) is 0 Å². The molecule has 36 heavy (non-hydrogen) atoms. The number of benzene rings is 1. The van der Waals surface area contributed by atoms with Crippen LogP contribution in [0.15, 0.2) is 24.9 Å². The van der Waals surface area contributed by atoms with Gasteiger partial charge in [-0.1, -0.05) is 42.6 Å². The molecule has 0 radical (unpaired) electrons. The highest BCUT2D eigenvalue weighted by Gasteiger charge is 2.32. The number of amides is 1. The average molecular weight is 534 g/mol. The van der Waals surface area contributed by atoms with Crippen LogP contribution in [0.3, 0.4) is 0 Å². The molecule has 1 aromatic carbocycles. The molecule has 9 nitrogen and oxygen atoms in total. The van der Waals surface area contributed by atoms with Gasteiger partial charge in [-0.25, -0.2) is 4.98 Å². The summed E-state index contributed by atoms with van der Waals surface area (Å²) in [7, 11) is 4.71. The number of ether oxygens (including phenoxy) is 2. The number of anilines is 2. The van der Waals surface area contributed by atoms with Crippen molar-refractivity contribution < 1.29 is 19.4 Å². The third-order valence-electron chi connectivity index (χ3n) is 6.54. The molecule has 1 saturated carbocycles. The summed E-state index contributed by atoms with van der Waals surface area (Å²) < 4.78 is 10.8. The summed E-state index contributed by atoms with van der Waals surface area (Å²) in [5.41, 5.74) is 1.54. The molecule has 0 bridgehead atoms. The van der Waals surface area contributed by atoms with Crippen LogP contribution >= 0.6 is 23.2 Å². The number of nitrogens with zero attached hydrogens (tertiary/aromatic N) is 3. The van der Waals surface area contributed by atoms with E-state index in [9.17, 15) is 9.90 Å². The fourth-order valence-corrected chi connectivity index (χ4v) is 5.35. The molecule has 1 aliphatic carbocycles. The van der Waals surface area contributed by atoms with Gasteiger partial charge in [-0.3, -0.25) is 4.79 Å². The molecule has 3 N–H and O–H groups in total. The maximum atomic E-state index is 11.9. The van der Waals surface area contributed by atoms with E-state index in [1.165, 1.54) is 20.3 Å². The number of fused-ring (bicyclic) bond motifs is 1. The fraction of sp³-hybridized carbons (Fsp3) is 0.400. The summed E-state index contributed by atoms with van der Waals surface area (Å²) in [6.07, 6.45) is 7.42. The number of hydrogen-bond donors (Lipinski definition) is 3. The number of aliphatic hydroxyl groups is 1. The van der Waals surface area contributed by atoms with Crippen LogP contribution in [0.5, 0.6) is 11.5 Å². The summed E-state index contributed by atoms with van der Waals surface area (Å²) in [6.45, 7) is 3.53. The van der Waals surface area contributed by atoms with E-state index in [4.69, 9.17) is 32.7 Å². The van der Waals surface area contributed by atoms with Crippen molar-refractivity contribution in [1.29, 1.82) is 0 Å². The van der Waals surface area contributed by atoms with E-state index in [0.29, 0.717) is 40.0 Å². The van der Waals surface area contributed by atoms with Gasteiger partial charge in [0, 0.05) is 48.1 Å². The molecule has 1 aromatic heterocycles. The van der Waals surface area contributed by atoms with Crippen molar-refractivity contribution in [2.45, 2.75) is 44.0 Å². The molecule has 1 amide bonds. The number of halogens is 2. The topological polar surface area (TPSA) is 109 Å². The minimum Gasteiger partial charge on any atom is -0.495 e. The Morgan fingerprint density at radius 3 is 2.44 bits per heavy atom. The number of aromatic nitrogens is 2. The number of carbonyl (C=O) groups is 1. The van der Waals surface area contributed by atoms with Crippen molar-refractivity contribution >= 4 is 52.5 Å². The third-order valence-corrected chi connectivity index (χ3v) is 7.29. The predicted octanol–water partition coefficient (Wildman–Crippen LogP) is 4.13. The monoisotopic (exact) mass is 533 g/mol. The minimum absolute atomic E-state index is 0.0208. The van der Waals surface area contributed by atoms with Crippen LogP contribution in [-0.2, 0) is 4.79 Å². The fourth-order valence-electron chi connectivity index (χ4n) is 4.63. The van der Waals surface area contributed by atoms with Gasteiger partial charge >= 0.3 is 0 Å². The lowest BCUT2D eigenvalue weighted by molar-refractivity contribution is -0.117. The summed E-state index contributed by atoms with van der Waals surface area (Å²) in [4.78, 5) is 22.6.